The van der Waals surface area contributed by atoms with Crippen molar-refractivity contribution in [3.05, 3.63) is 58.8 Å². The number of nitrogens with one attached hydrogen (secondary N) is 1. The number of fused-ring (bicyclic) bond motifs is 1. The summed E-state index contributed by atoms with van der Waals surface area (Å²) in [4.78, 5) is 41.8. The van der Waals surface area contributed by atoms with Crippen LogP contribution in [-0.4, -0.2) is 52.0 Å². The van der Waals surface area contributed by atoms with Crippen molar-refractivity contribution in [2.75, 3.05) is 18.4 Å². The number of pyridine rings is 1. The van der Waals surface area contributed by atoms with Crippen LogP contribution in [0, 0.1) is 0 Å². The molecule has 2 N–H and O–H groups in total. The minimum atomic E-state index is -4.66. The SMILES string of the molecule is CC(C)OC(=O)c1cccc(CC(=O)N2CCNc3nc(C(F)(F)F)ccc3[C@H]2CC(=O)O)c1. The van der Waals surface area contributed by atoms with E-state index in [1.165, 1.54) is 11.0 Å². The molecule has 1 amide bonds. The van der Waals surface area contributed by atoms with Gasteiger partial charge < -0.3 is 20.1 Å². The molecule has 0 saturated carbocycles. The zero-order valence-electron chi connectivity index (χ0n) is 18.6. The number of anilines is 1. The number of benzene rings is 1. The molecule has 11 heteroatoms. The molecule has 0 spiro atoms. The fourth-order valence-corrected chi connectivity index (χ4v) is 3.71. The maximum atomic E-state index is 13.2. The predicted molar refractivity (Wildman–Crippen MR) is 115 cm³/mol. The number of ether oxygens (including phenoxy) is 1. The zero-order valence-corrected chi connectivity index (χ0v) is 18.6. The Morgan fingerprint density at radius 1 is 1.24 bits per heavy atom. The highest BCUT2D eigenvalue weighted by Gasteiger charge is 2.36. The van der Waals surface area contributed by atoms with E-state index in [2.05, 4.69) is 10.3 Å². The van der Waals surface area contributed by atoms with Crippen molar-refractivity contribution in [2.24, 2.45) is 0 Å². The Bertz CT molecular complexity index is 1090. The van der Waals surface area contributed by atoms with E-state index in [0.29, 0.717) is 5.56 Å². The van der Waals surface area contributed by atoms with Crippen molar-refractivity contribution >= 4 is 23.7 Å². The quantitative estimate of drug-likeness (QED) is 0.609. The summed E-state index contributed by atoms with van der Waals surface area (Å²) in [6.07, 6.45) is -5.62. The monoisotopic (exact) mass is 479 g/mol. The molecule has 1 atom stereocenters. The standard InChI is InChI=1S/C23H24F3N3O5/c1-13(2)34-22(33)15-5-3-4-14(10-15)11-19(30)29-9-8-27-21-16(17(29)12-20(31)32)6-7-18(28-21)23(24,25)26/h3-7,10,13,17H,8-9,11-12H2,1-2H3,(H,27,28)(H,31,32)/t17-/m1/s1. The molecule has 1 aliphatic heterocycles. The summed E-state index contributed by atoms with van der Waals surface area (Å²) in [6.45, 7) is 3.57. The minimum Gasteiger partial charge on any atom is -0.481 e. The van der Waals surface area contributed by atoms with E-state index in [0.717, 1.165) is 12.1 Å². The molecular weight excluding hydrogens is 455 g/mol. The van der Waals surface area contributed by atoms with E-state index >= 15 is 0 Å². The first-order valence-electron chi connectivity index (χ1n) is 10.6. The summed E-state index contributed by atoms with van der Waals surface area (Å²) in [7, 11) is 0. The average molecular weight is 479 g/mol. The summed E-state index contributed by atoms with van der Waals surface area (Å²) in [5.41, 5.74) is -0.138. The second kappa shape index (κ2) is 10.1. The first-order chi connectivity index (χ1) is 16.0. The molecule has 1 aromatic carbocycles. The largest absolute Gasteiger partial charge is 0.481 e. The van der Waals surface area contributed by atoms with Crippen LogP contribution >= 0.6 is 0 Å². The number of carboxylic acid groups (broad SMARTS) is 1. The molecule has 0 bridgehead atoms. The molecule has 0 unspecified atom stereocenters. The minimum absolute atomic E-state index is 0.0591. The molecule has 182 valence electrons. The number of aliphatic carboxylic acids is 1. The lowest BCUT2D eigenvalue weighted by Crippen LogP contribution is -2.38. The molecule has 3 rings (SSSR count). The van der Waals surface area contributed by atoms with Crippen LogP contribution in [0.5, 0.6) is 0 Å². The maximum Gasteiger partial charge on any atom is 0.433 e. The van der Waals surface area contributed by atoms with Crippen molar-refractivity contribution < 1.29 is 37.4 Å². The summed E-state index contributed by atoms with van der Waals surface area (Å²) < 4.78 is 44.4. The van der Waals surface area contributed by atoms with Crippen LogP contribution in [0.4, 0.5) is 19.0 Å². The number of rotatable bonds is 6. The highest BCUT2D eigenvalue weighted by molar-refractivity contribution is 5.90. The normalized spacial score (nSPS) is 15.8. The lowest BCUT2D eigenvalue weighted by atomic mass is 10.0. The zero-order chi connectivity index (χ0) is 25.0. The van der Waals surface area contributed by atoms with E-state index in [4.69, 9.17) is 4.74 Å². The Kier molecular flexibility index (Phi) is 7.43. The lowest BCUT2D eigenvalue weighted by molar-refractivity contribution is -0.142. The van der Waals surface area contributed by atoms with E-state index in [-0.39, 0.29) is 42.6 Å². The Hall–Kier alpha value is -3.63. The number of carboxylic acids is 1. The highest BCUT2D eigenvalue weighted by atomic mass is 19.4. The van der Waals surface area contributed by atoms with Gasteiger partial charge in [0.2, 0.25) is 5.91 Å². The fourth-order valence-electron chi connectivity index (χ4n) is 3.71. The van der Waals surface area contributed by atoms with Gasteiger partial charge in [-0.05, 0) is 37.6 Å². The molecule has 0 radical (unpaired) electrons. The Labute approximate surface area is 193 Å². The molecule has 8 nitrogen and oxygen atoms in total. The van der Waals surface area contributed by atoms with Gasteiger partial charge in [-0.3, -0.25) is 9.59 Å². The van der Waals surface area contributed by atoms with Gasteiger partial charge in [0.25, 0.3) is 0 Å². The second-order valence-corrected chi connectivity index (χ2v) is 8.09. The van der Waals surface area contributed by atoms with Crippen molar-refractivity contribution in [1.82, 2.24) is 9.88 Å². The number of alkyl halides is 3. The van der Waals surface area contributed by atoms with Crippen molar-refractivity contribution in [3.8, 4) is 0 Å². The first-order valence-corrected chi connectivity index (χ1v) is 10.6. The second-order valence-electron chi connectivity index (χ2n) is 8.09. The van der Waals surface area contributed by atoms with E-state index < -0.39 is 42.2 Å². The summed E-state index contributed by atoms with van der Waals surface area (Å²) in [5.74, 6) is -2.29. The number of nitrogens with zero attached hydrogens (tertiary/aromatic N) is 2. The number of carbonyl (C=O) groups excluding carboxylic acids is 2. The van der Waals surface area contributed by atoms with Gasteiger partial charge in [-0.1, -0.05) is 18.2 Å². The molecule has 1 aliphatic rings. The molecule has 1 aromatic heterocycles. The van der Waals surface area contributed by atoms with Crippen LogP contribution in [-0.2, 0) is 26.9 Å². The molecule has 0 aliphatic carbocycles. The van der Waals surface area contributed by atoms with Gasteiger partial charge in [-0.15, -0.1) is 0 Å². The van der Waals surface area contributed by atoms with Gasteiger partial charge in [0, 0.05) is 18.7 Å². The third-order valence-electron chi connectivity index (χ3n) is 5.15. The highest BCUT2D eigenvalue weighted by Crippen LogP contribution is 2.35. The number of aromatic nitrogens is 1. The Morgan fingerprint density at radius 3 is 2.62 bits per heavy atom. The third kappa shape index (κ3) is 6.03. The topological polar surface area (TPSA) is 109 Å². The van der Waals surface area contributed by atoms with Crippen LogP contribution in [0.2, 0.25) is 0 Å². The summed E-state index contributed by atoms with van der Waals surface area (Å²) in [6, 6.07) is 7.25. The van der Waals surface area contributed by atoms with E-state index in [1.54, 1.807) is 32.0 Å². The number of carbonyl (C=O) groups is 3. The maximum absolute atomic E-state index is 13.2. The number of esters is 1. The van der Waals surface area contributed by atoms with Crippen LogP contribution in [0.15, 0.2) is 36.4 Å². The fraction of sp³-hybridized carbons (Fsp3) is 0.391. The van der Waals surface area contributed by atoms with Gasteiger partial charge >= 0.3 is 18.1 Å². The predicted octanol–water partition coefficient (Wildman–Crippen LogP) is 3.68. The van der Waals surface area contributed by atoms with Crippen molar-refractivity contribution in [3.63, 3.8) is 0 Å². The molecule has 2 aromatic rings. The molecule has 0 saturated heterocycles. The third-order valence-corrected chi connectivity index (χ3v) is 5.15. The van der Waals surface area contributed by atoms with Crippen LogP contribution < -0.4 is 5.32 Å². The van der Waals surface area contributed by atoms with Crippen molar-refractivity contribution in [2.45, 2.75) is 45.0 Å². The van der Waals surface area contributed by atoms with Crippen LogP contribution in [0.1, 0.15) is 53.5 Å². The van der Waals surface area contributed by atoms with Crippen molar-refractivity contribution in [1.29, 1.82) is 0 Å². The lowest BCUT2D eigenvalue weighted by Gasteiger charge is -2.29. The number of halogens is 3. The number of hydrogen-bond donors (Lipinski definition) is 2. The number of amides is 1. The van der Waals surface area contributed by atoms with E-state index in [9.17, 15) is 32.7 Å². The Morgan fingerprint density at radius 2 is 1.97 bits per heavy atom. The van der Waals surface area contributed by atoms with Gasteiger partial charge in [-0.2, -0.15) is 13.2 Å². The number of hydrogen-bond acceptors (Lipinski definition) is 6. The molecule has 2 heterocycles. The summed E-state index contributed by atoms with van der Waals surface area (Å²) in [5, 5.41) is 12.2. The van der Waals surface area contributed by atoms with Gasteiger partial charge in [0.15, 0.2) is 0 Å². The molecule has 34 heavy (non-hydrogen) atoms. The average Bonchev–Trinajstić information content (AvgIpc) is 2.91. The van der Waals surface area contributed by atoms with Gasteiger partial charge in [0.05, 0.1) is 30.6 Å². The van der Waals surface area contributed by atoms with E-state index in [1.807, 2.05) is 0 Å². The van der Waals surface area contributed by atoms with Crippen LogP contribution in [0.25, 0.3) is 0 Å². The smallest absolute Gasteiger partial charge is 0.433 e. The molecular formula is C23H24F3N3O5. The summed E-state index contributed by atoms with van der Waals surface area (Å²) >= 11 is 0. The molecule has 0 fully saturated rings. The first kappa shape index (κ1) is 25.0. The van der Waals surface area contributed by atoms with Crippen LogP contribution in [0.3, 0.4) is 0 Å². The van der Waals surface area contributed by atoms with Gasteiger partial charge in [0.1, 0.15) is 11.5 Å². The Balaban J connectivity index is 1.88. The van der Waals surface area contributed by atoms with Gasteiger partial charge in [-0.25, -0.2) is 9.78 Å².